The molecule has 1 heterocycles. The Kier molecular flexibility index (Phi) is 8.04. The van der Waals surface area contributed by atoms with Crippen LogP contribution in [0.25, 0.3) is 21.3 Å². The summed E-state index contributed by atoms with van der Waals surface area (Å²) in [5, 5.41) is 16.6. The number of carbonyl (C=O) groups is 2. The van der Waals surface area contributed by atoms with Crippen molar-refractivity contribution in [2.45, 2.75) is 11.2 Å². The van der Waals surface area contributed by atoms with E-state index in [-0.39, 0.29) is 23.5 Å². The Morgan fingerprint density at radius 3 is 2.32 bits per heavy atom. The number of carbonyl (C=O) groups excluding carboxylic acids is 1. The van der Waals surface area contributed by atoms with Crippen LogP contribution in [0, 0.1) is 0 Å². The van der Waals surface area contributed by atoms with E-state index in [1.807, 2.05) is 0 Å². The van der Waals surface area contributed by atoms with Crippen molar-refractivity contribution in [3.05, 3.63) is 88.9 Å². The molecule has 0 radical (unpaired) electrons. The Morgan fingerprint density at radius 2 is 1.71 bits per heavy atom. The summed E-state index contributed by atoms with van der Waals surface area (Å²) in [6, 6.07) is 20.1. The van der Waals surface area contributed by atoms with Crippen LogP contribution in [0.5, 0.6) is 0 Å². The number of fused-ring (bicyclic) bond motifs is 1. The van der Waals surface area contributed by atoms with Gasteiger partial charge in [0, 0.05) is 13.0 Å². The Bertz CT molecular complexity index is 1620. The highest BCUT2D eigenvalue weighted by Gasteiger charge is 2.45. The van der Waals surface area contributed by atoms with E-state index in [0.29, 0.717) is 15.8 Å². The lowest BCUT2D eigenvalue weighted by atomic mass is 9.97. The van der Waals surface area contributed by atoms with Crippen LogP contribution in [0.1, 0.15) is 20.9 Å². The molecule has 1 amide bonds. The zero-order valence-electron chi connectivity index (χ0n) is 19.7. The van der Waals surface area contributed by atoms with Crippen LogP contribution in [0.3, 0.4) is 0 Å². The van der Waals surface area contributed by atoms with Crippen LogP contribution in [-0.2, 0) is 37.1 Å². The topological polar surface area (TPSA) is 180 Å². The first-order valence-corrected chi connectivity index (χ1v) is 14.8. The summed E-state index contributed by atoms with van der Waals surface area (Å²) >= 11 is -1.96. The van der Waals surface area contributed by atoms with Gasteiger partial charge in [-0.05, 0) is 52.0 Å². The fourth-order valence-corrected chi connectivity index (χ4v) is 6.37. The quantitative estimate of drug-likeness (QED) is 0.242. The molecule has 198 valence electrons. The number of nitrogens with zero attached hydrogens (tertiary/aromatic N) is 1. The molecular formula is C25H22N3O7S3-. The molecule has 0 aliphatic rings. The fraction of sp³-hybridized carbons (Fsp3) is 0.160. The number of carboxylic acid groups (broad SMARTS) is 1. The van der Waals surface area contributed by atoms with Gasteiger partial charge in [-0.25, -0.2) is 23.3 Å². The second kappa shape index (κ2) is 11.1. The van der Waals surface area contributed by atoms with Crippen LogP contribution in [-0.4, -0.2) is 51.4 Å². The summed E-state index contributed by atoms with van der Waals surface area (Å²) in [5.74, 6) is -2.51. The molecule has 3 aromatic carbocycles. The molecule has 38 heavy (non-hydrogen) atoms. The van der Waals surface area contributed by atoms with Crippen molar-refractivity contribution in [2.75, 3.05) is 12.3 Å². The molecular weight excluding hydrogens is 550 g/mol. The normalized spacial score (nSPS) is 14.1. The summed E-state index contributed by atoms with van der Waals surface area (Å²) < 4.78 is 46.8. The van der Waals surface area contributed by atoms with E-state index < -0.39 is 43.5 Å². The SMILES string of the molecule is NS(=O)(=O)CCNC(=O)C(Cc1ccccc1)(c1nc2ccc(-c3ccc(C(=O)O)cc3)cc2s1)S(=O)[O-]. The molecule has 0 saturated carbocycles. The van der Waals surface area contributed by atoms with Crippen molar-refractivity contribution in [1.29, 1.82) is 0 Å². The first kappa shape index (κ1) is 27.5. The number of hydrogen-bond donors (Lipinski definition) is 3. The molecule has 10 nitrogen and oxygen atoms in total. The van der Waals surface area contributed by atoms with Gasteiger partial charge >= 0.3 is 5.97 Å². The monoisotopic (exact) mass is 572 g/mol. The fourth-order valence-electron chi connectivity index (χ4n) is 3.87. The van der Waals surface area contributed by atoms with Crippen molar-refractivity contribution < 1.29 is 31.9 Å². The number of carboxylic acids is 1. The van der Waals surface area contributed by atoms with E-state index in [1.165, 1.54) is 12.1 Å². The number of aromatic nitrogens is 1. The Labute approximate surface area is 224 Å². The van der Waals surface area contributed by atoms with Gasteiger partial charge in [0.25, 0.3) is 0 Å². The number of hydrogen-bond acceptors (Lipinski definition) is 8. The Hall–Kier alpha value is -3.49. The van der Waals surface area contributed by atoms with Crippen molar-refractivity contribution >= 4 is 54.5 Å². The van der Waals surface area contributed by atoms with Gasteiger partial charge in [-0.3, -0.25) is 9.00 Å². The van der Waals surface area contributed by atoms with E-state index in [2.05, 4.69) is 10.3 Å². The molecule has 0 saturated heterocycles. The highest BCUT2D eigenvalue weighted by molar-refractivity contribution is 7.89. The van der Waals surface area contributed by atoms with Gasteiger partial charge in [0.2, 0.25) is 15.9 Å². The van der Waals surface area contributed by atoms with E-state index in [4.69, 9.17) is 10.2 Å². The highest BCUT2D eigenvalue weighted by atomic mass is 32.2. The first-order chi connectivity index (χ1) is 18.0. The number of nitrogens with one attached hydrogen (secondary N) is 1. The van der Waals surface area contributed by atoms with Crippen LogP contribution in [0.4, 0.5) is 0 Å². The number of amides is 1. The smallest absolute Gasteiger partial charge is 0.335 e. The van der Waals surface area contributed by atoms with Gasteiger partial charge in [-0.1, -0.05) is 48.5 Å². The third-order valence-corrected chi connectivity index (χ3v) is 8.99. The largest absolute Gasteiger partial charge is 0.771 e. The average Bonchev–Trinajstić information content (AvgIpc) is 3.30. The zero-order valence-corrected chi connectivity index (χ0v) is 22.1. The molecule has 0 aliphatic heterocycles. The van der Waals surface area contributed by atoms with Crippen LogP contribution >= 0.6 is 11.3 Å². The number of sulfonamides is 1. The van der Waals surface area contributed by atoms with Crippen molar-refractivity contribution in [1.82, 2.24) is 10.3 Å². The molecule has 4 N–H and O–H groups in total. The Morgan fingerprint density at radius 1 is 1.05 bits per heavy atom. The third-order valence-electron chi connectivity index (χ3n) is 5.82. The van der Waals surface area contributed by atoms with E-state index >= 15 is 0 Å². The van der Waals surface area contributed by atoms with Gasteiger partial charge in [-0.15, -0.1) is 11.3 Å². The summed E-state index contributed by atoms with van der Waals surface area (Å²) in [5.41, 5.74) is 2.68. The minimum Gasteiger partial charge on any atom is -0.771 e. The molecule has 0 bridgehead atoms. The summed E-state index contributed by atoms with van der Waals surface area (Å²) in [7, 11) is -3.88. The lowest BCUT2D eigenvalue weighted by molar-refractivity contribution is -0.123. The second-order valence-corrected chi connectivity index (χ2v) is 12.4. The van der Waals surface area contributed by atoms with Crippen LogP contribution in [0.2, 0.25) is 0 Å². The minimum atomic E-state index is -3.88. The molecule has 4 aromatic rings. The molecule has 4 rings (SSSR count). The molecule has 13 heteroatoms. The van der Waals surface area contributed by atoms with Crippen molar-refractivity contribution in [2.24, 2.45) is 5.14 Å². The van der Waals surface area contributed by atoms with Crippen molar-refractivity contribution in [3.8, 4) is 11.1 Å². The molecule has 2 unspecified atom stereocenters. The maximum Gasteiger partial charge on any atom is 0.335 e. The van der Waals surface area contributed by atoms with Gasteiger partial charge < -0.3 is 15.0 Å². The maximum atomic E-state index is 13.4. The Balaban J connectivity index is 1.77. The number of aromatic carboxylic acids is 1. The minimum absolute atomic E-state index is 0.0242. The zero-order chi connectivity index (χ0) is 27.5. The van der Waals surface area contributed by atoms with E-state index in [9.17, 15) is 26.8 Å². The van der Waals surface area contributed by atoms with Crippen molar-refractivity contribution in [3.63, 3.8) is 0 Å². The van der Waals surface area contributed by atoms with E-state index in [0.717, 1.165) is 22.5 Å². The van der Waals surface area contributed by atoms with Gasteiger partial charge in [0.05, 0.1) is 21.5 Å². The number of rotatable bonds is 10. The lowest BCUT2D eigenvalue weighted by Gasteiger charge is -2.32. The predicted molar refractivity (Wildman–Crippen MR) is 144 cm³/mol. The average molecular weight is 573 g/mol. The number of benzene rings is 3. The lowest BCUT2D eigenvalue weighted by Crippen LogP contribution is -2.50. The molecule has 0 spiro atoms. The van der Waals surface area contributed by atoms with Gasteiger partial charge in [-0.2, -0.15) is 0 Å². The molecule has 0 fully saturated rings. The number of primary sulfonamides is 1. The molecule has 1 aromatic heterocycles. The van der Waals surface area contributed by atoms with Gasteiger partial charge in [0.1, 0.15) is 5.01 Å². The standard InChI is InChI=1S/C25H23N3O7S3/c26-38(34,35)13-12-27-23(31)25(37(32)33,15-16-4-2-1-3-5-16)24-28-20-11-10-19(14-21(20)36-24)17-6-8-18(9-7-17)22(29)30/h1-11,14H,12-13,15H2,(H,27,31)(H,29,30)(H,32,33)(H2,26,34,35)/p-1. The summed E-state index contributed by atoms with van der Waals surface area (Å²) in [4.78, 5) is 29.1. The maximum absolute atomic E-state index is 13.4. The third kappa shape index (κ3) is 5.97. The molecule has 0 aliphatic carbocycles. The summed E-state index contributed by atoms with van der Waals surface area (Å²) in [6.07, 6.45) is -0.228. The summed E-state index contributed by atoms with van der Waals surface area (Å²) in [6.45, 7) is -0.368. The molecule has 2 atom stereocenters. The highest BCUT2D eigenvalue weighted by Crippen LogP contribution is 2.38. The van der Waals surface area contributed by atoms with E-state index in [1.54, 1.807) is 60.7 Å². The second-order valence-electron chi connectivity index (χ2n) is 8.43. The van der Waals surface area contributed by atoms with Gasteiger partial charge in [0.15, 0.2) is 4.75 Å². The van der Waals surface area contributed by atoms with Crippen LogP contribution in [0.15, 0.2) is 72.8 Å². The number of thiazole rings is 1. The number of nitrogens with two attached hydrogens (primary N) is 1. The predicted octanol–water partition coefficient (Wildman–Crippen LogP) is 2.38. The first-order valence-electron chi connectivity index (χ1n) is 11.2. The van der Waals surface area contributed by atoms with Crippen LogP contribution < -0.4 is 10.5 Å².